The molecule has 4 heteroatoms. The highest BCUT2D eigenvalue weighted by molar-refractivity contribution is 5.88. The van der Waals surface area contributed by atoms with E-state index in [1.807, 2.05) is 36.3 Å². The van der Waals surface area contributed by atoms with Crippen molar-refractivity contribution in [3.8, 4) is 0 Å². The summed E-state index contributed by atoms with van der Waals surface area (Å²) in [6.45, 7) is 1.30. The Kier molecular flexibility index (Phi) is 5.45. The van der Waals surface area contributed by atoms with E-state index in [-0.39, 0.29) is 5.91 Å². The van der Waals surface area contributed by atoms with E-state index in [4.69, 9.17) is 0 Å². The van der Waals surface area contributed by atoms with Gasteiger partial charge in [0.1, 0.15) is 5.54 Å². The molecule has 0 saturated carbocycles. The SMILES string of the molecule is CN(Cc1cccnc1)C(=O)C1(N(C)Cc2ccccc2)Cc2ccccc2C1. The first kappa shape index (κ1) is 19.3. The second-order valence-electron chi connectivity index (χ2n) is 8.02. The van der Waals surface area contributed by atoms with Crippen LogP contribution >= 0.6 is 0 Å². The number of hydrogen-bond acceptors (Lipinski definition) is 3. The number of likely N-dealkylation sites (N-methyl/N-ethyl adjacent to an activating group) is 2. The van der Waals surface area contributed by atoms with Gasteiger partial charge in [-0.15, -0.1) is 0 Å². The maximum Gasteiger partial charge on any atom is 0.243 e. The molecule has 0 unspecified atom stereocenters. The summed E-state index contributed by atoms with van der Waals surface area (Å²) in [5, 5.41) is 0. The standard InChI is InChI=1S/C25H27N3O/c1-27(18-21-11-8-14-26-17-21)24(29)25(15-22-12-6-7-13-23(22)16-25)28(2)19-20-9-4-3-5-10-20/h3-14,17H,15-16,18-19H2,1-2H3. The predicted molar refractivity (Wildman–Crippen MR) is 115 cm³/mol. The third-order valence-electron chi connectivity index (χ3n) is 5.96. The normalized spacial score (nSPS) is 14.6. The Bertz CT molecular complexity index is 947. The second-order valence-corrected chi connectivity index (χ2v) is 8.02. The first-order chi connectivity index (χ1) is 14.1. The Balaban J connectivity index is 1.62. The van der Waals surface area contributed by atoms with Crippen LogP contribution in [0.5, 0.6) is 0 Å². The summed E-state index contributed by atoms with van der Waals surface area (Å²) in [6.07, 6.45) is 5.06. The van der Waals surface area contributed by atoms with Gasteiger partial charge in [-0.25, -0.2) is 0 Å². The third-order valence-corrected chi connectivity index (χ3v) is 5.96. The van der Waals surface area contributed by atoms with Gasteiger partial charge in [0.15, 0.2) is 0 Å². The molecule has 0 fully saturated rings. The lowest BCUT2D eigenvalue weighted by Crippen LogP contribution is -2.58. The summed E-state index contributed by atoms with van der Waals surface area (Å²) in [5.74, 6) is 0.163. The van der Waals surface area contributed by atoms with E-state index in [9.17, 15) is 4.79 Å². The van der Waals surface area contributed by atoms with E-state index in [0.717, 1.165) is 24.9 Å². The van der Waals surface area contributed by atoms with Crippen LogP contribution in [0.15, 0.2) is 79.1 Å². The number of nitrogens with zero attached hydrogens (tertiary/aromatic N) is 3. The van der Waals surface area contributed by atoms with Gasteiger partial charge >= 0.3 is 0 Å². The summed E-state index contributed by atoms with van der Waals surface area (Å²) < 4.78 is 0. The van der Waals surface area contributed by atoms with Crippen LogP contribution in [0.3, 0.4) is 0 Å². The molecule has 0 radical (unpaired) electrons. The minimum absolute atomic E-state index is 0.163. The largest absolute Gasteiger partial charge is 0.340 e. The van der Waals surface area contributed by atoms with Gasteiger partial charge in [0, 0.05) is 45.4 Å². The molecular formula is C25H27N3O. The number of hydrogen-bond donors (Lipinski definition) is 0. The van der Waals surface area contributed by atoms with Crippen molar-refractivity contribution < 1.29 is 4.79 Å². The molecule has 4 nitrogen and oxygen atoms in total. The van der Waals surface area contributed by atoms with E-state index in [1.54, 1.807) is 6.20 Å². The fourth-order valence-electron chi connectivity index (χ4n) is 4.38. The topological polar surface area (TPSA) is 36.4 Å². The van der Waals surface area contributed by atoms with Crippen molar-refractivity contribution in [1.29, 1.82) is 0 Å². The summed E-state index contributed by atoms with van der Waals surface area (Å²) in [7, 11) is 3.98. The predicted octanol–water partition coefficient (Wildman–Crippen LogP) is 3.71. The number of carbonyl (C=O) groups is 1. The minimum Gasteiger partial charge on any atom is -0.340 e. The van der Waals surface area contributed by atoms with Crippen molar-refractivity contribution in [2.75, 3.05) is 14.1 Å². The number of rotatable bonds is 6. The first-order valence-electron chi connectivity index (χ1n) is 10.0. The van der Waals surface area contributed by atoms with E-state index in [2.05, 4.69) is 65.5 Å². The lowest BCUT2D eigenvalue weighted by molar-refractivity contribution is -0.143. The summed E-state index contributed by atoms with van der Waals surface area (Å²) in [6, 6.07) is 22.7. The van der Waals surface area contributed by atoms with Gasteiger partial charge in [-0.05, 0) is 35.4 Å². The van der Waals surface area contributed by atoms with Gasteiger partial charge in [-0.1, -0.05) is 60.7 Å². The zero-order chi connectivity index (χ0) is 20.3. The number of carbonyl (C=O) groups excluding carboxylic acids is 1. The van der Waals surface area contributed by atoms with Crippen LogP contribution in [0.1, 0.15) is 22.3 Å². The monoisotopic (exact) mass is 385 g/mol. The number of aromatic nitrogens is 1. The molecule has 1 aliphatic carbocycles. The maximum absolute atomic E-state index is 13.8. The molecule has 1 aromatic heterocycles. The molecule has 1 amide bonds. The third kappa shape index (κ3) is 3.94. The molecule has 0 saturated heterocycles. The summed E-state index contributed by atoms with van der Waals surface area (Å²) in [5.41, 5.74) is 4.23. The molecule has 4 rings (SSSR count). The first-order valence-corrected chi connectivity index (χ1v) is 10.0. The van der Waals surface area contributed by atoms with Gasteiger partial charge in [-0.3, -0.25) is 14.7 Å². The number of benzene rings is 2. The quantitative estimate of drug-likeness (QED) is 0.649. The molecule has 0 spiro atoms. The van der Waals surface area contributed by atoms with Crippen LogP contribution < -0.4 is 0 Å². The van der Waals surface area contributed by atoms with Gasteiger partial charge in [0.2, 0.25) is 5.91 Å². The number of amides is 1. The van der Waals surface area contributed by atoms with Crippen molar-refractivity contribution in [1.82, 2.24) is 14.8 Å². The second kappa shape index (κ2) is 8.18. The van der Waals surface area contributed by atoms with Gasteiger partial charge in [0.05, 0.1) is 0 Å². The highest BCUT2D eigenvalue weighted by Gasteiger charge is 2.48. The Morgan fingerprint density at radius 1 is 0.862 bits per heavy atom. The molecule has 2 aromatic carbocycles. The van der Waals surface area contributed by atoms with Crippen molar-refractivity contribution in [3.05, 3.63) is 101 Å². The Hall–Kier alpha value is -2.98. The molecule has 1 aliphatic rings. The zero-order valence-corrected chi connectivity index (χ0v) is 17.1. The maximum atomic E-state index is 13.8. The molecule has 148 valence electrons. The van der Waals surface area contributed by atoms with E-state index in [1.165, 1.54) is 16.7 Å². The highest BCUT2D eigenvalue weighted by atomic mass is 16.2. The van der Waals surface area contributed by atoms with Crippen LogP contribution in [-0.2, 0) is 30.7 Å². The zero-order valence-electron chi connectivity index (χ0n) is 17.1. The fourth-order valence-corrected chi connectivity index (χ4v) is 4.38. The van der Waals surface area contributed by atoms with E-state index >= 15 is 0 Å². The highest BCUT2D eigenvalue weighted by Crippen LogP contribution is 2.36. The van der Waals surface area contributed by atoms with Crippen LogP contribution in [0.2, 0.25) is 0 Å². The molecule has 0 aliphatic heterocycles. The van der Waals surface area contributed by atoms with Gasteiger partial charge in [-0.2, -0.15) is 0 Å². The molecule has 1 heterocycles. The van der Waals surface area contributed by atoms with Crippen molar-refractivity contribution >= 4 is 5.91 Å². The smallest absolute Gasteiger partial charge is 0.243 e. The van der Waals surface area contributed by atoms with Crippen molar-refractivity contribution in [2.45, 2.75) is 31.5 Å². The van der Waals surface area contributed by atoms with Gasteiger partial charge in [0.25, 0.3) is 0 Å². The van der Waals surface area contributed by atoms with Crippen LogP contribution in [0.4, 0.5) is 0 Å². The van der Waals surface area contributed by atoms with Crippen LogP contribution in [0, 0.1) is 0 Å². The molecule has 0 N–H and O–H groups in total. The summed E-state index contributed by atoms with van der Waals surface area (Å²) in [4.78, 5) is 22.1. The van der Waals surface area contributed by atoms with Crippen molar-refractivity contribution in [3.63, 3.8) is 0 Å². The average Bonchev–Trinajstić information content (AvgIpc) is 3.15. The Morgan fingerprint density at radius 2 is 1.48 bits per heavy atom. The van der Waals surface area contributed by atoms with Gasteiger partial charge < -0.3 is 4.90 Å². The van der Waals surface area contributed by atoms with E-state index in [0.29, 0.717) is 6.54 Å². The minimum atomic E-state index is -0.573. The molecule has 0 atom stereocenters. The number of fused-ring (bicyclic) bond motifs is 1. The fraction of sp³-hybridized carbons (Fsp3) is 0.280. The van der Waals surface area contributed by atoms with Crippen LogP contribution in [0.25, 0.3) is 0 Å². The lowest BCUT2D eigenvalue weighted by Gasteiger charge is -2.40. The Labute approximate surface area is 172 Å². The summed E-state index contributed by atoms with van der Waals surface area (Å²) >= 11 is 0. The number of pyridine rings is 1. The van der Waals surface area contributed by atoms with E-state index < -0.39 is 5.54 Å². The average molecular weight is 386 g/mol. The molecule has 0 bridgehead atoms. The molecular weight excluding hydrogens is 358 g/mol. The Morgan fingerprint density at radius 3 is 2.10 bits per heavy atom. The van der Waals surface area contributed by atoms with Crippen molar-refractivity contribution in [2.24, 2.45) is 0 Å². The van der Waals surface area contributed by atoms with Crippen LogP contribution in [-0.4, -0.2) is 40.3 Å². The lowest BCUT2D eigenvalue weighted by atomic mass is 9.91. The molecule has 3 aromatic rings. The molecule has 29 heavy (non-hydrogen) atoms.